The molecule has 20 heavy (non-hydrogen) atoms. The molecule has 2 N–H and O–H groups in total. The minimum absolute atomic E-state index is 0.0159. The van der Waals surface area contributed by atoms with E-state index in [1.165, 1.54) is 15.5 Å². The molecule has 8 heteroatoms. The van der Waals surface area contributed by atoms with E-state index < -0.39 is 15.6 Å². The number of hydrogen-bond acceptors (Lipinski definition) is 5. The second kappa shape index (κ2) is 5.00. The third-order valence-electron chi connectivity index (χ3n) is 4.33. The quantitative estimate of drug-likeness (QED) is 0.750. The van der Waals surface area contributed by atoms with Crippen LogP contribution >= 0.6 is 0 Å². The van der Waals surface area contributed by atoms with Crippen LogP contribution in [0.15, 0.2) is 4.99 Å². The number of nitrogens with two attached hydrogens (primary N) is 1. The summed E-state index contributed by atoms with van der Waals surface area (Å²) >= 11 is 0. The topological polar surface area (TPSA) is 96.1 Å². The number of nitrogens with zero attached hydrogens (tertiary/aromatic N) is 3. The van der Waals surface area contributed by atoms with E-state index in [0.29, 0.717) is 13.1 Å². The lowest BCUT2D eigenvalue weighted by Crippen LogP contribution is -2.54. The lowest BCUT2D eigenvalue weighted by molar-refractivity contribution is -0.129. The van der Waals surface area contributed by atoms with Crippen LogP contribution in [0, 0.1) is 5.92 Å². The molecule has 0 aromatic rings. The SMILES string of the molecule is CN1C(=O)C[C@@](C)(C2CCCN(S(C)(=O)=O)C2)N=C1N. The molecule has 114 valence electrons. The largest absolute Gasteiger partial charge is 0.369 e. The summed E-state index contributed by atoms with van der Waals surface area (Å²) in [5.74, 6) is 0.152. The molecular formula is C12H22N4O3S. The van der Waals surface area contributed by atoms with E-state index in [0.717, 1.165) is 12.8 Å². The van der Waals surface area contributed by atoms with Crippen LogP contribution in [0.5, 0.6) is 0 Å². The molecular weight excluding hydrogens is 280 g/mol. The maximum absolute atomic E-state index is 12.0. The van der Waals surface area contributed by atoms with Crippen molar-refractivity contribution in [1.82, 2.24) is 9.21 Å². The summed E-state index contributed by atoms with van der Waals surface area (Å²) in [6.45, 7) is 2.84. The molecule has 0 radical (unpaired) electrons. The van der Waals surface area contributed by atoms with Gasteiger partial charge in [-0.1, -0.05) is 0 Å². The van der Waals surface area contributed by atoms with Gasteiger partial charge in [0.2, 0.25) is 15.9 Å². The first-order valence-electron chi connectivity index (χ1n) is 6.70. The van der Waals surface area contributed by atoms with Crippen LogP contribution in [0.1, 0.15) is 26.2 Å². The summed E-state index contributed by atoms with van der Waals surface area (Å²) in [6, 6.07) is 0. The standard InChI is InChI=1S/C12H22N4O3S/c1-12(7-10(17)15(2)11(13)14-12)9-5-4-6-16(8-9)20(3,18)19/h9H,4-8H2,1-3H3,(H2,13,14)/t9?,12-/m0/s1. The summed E-state index contributed by atoms with van der Waals surface area (Å²) in [7, 11) is -1.60. The van der Waals surface area contributed by atoms with Gasteiger partial charge >= 0.3 is 0 Å². The number of amides is 1. The highest BCUT2D eigenvalue weighted by Gasteiger charge is 2.43. The Hall–Kier alpha value is -1.15. The number of sulfonamides is 1. The molecule has 0 spiro atoms. The molecule has 2 aliphatic heterocycles. The van der Waals surface area contributed by atoms with Crippen molar-refractivity contribution in [2.24, 2.45) is 16.6 Å². The second-order valence-corrected chi connectivity index (χ2v) is 7.90. The molecule has 0 aromatic heterocycles. The van der Waals surface area contributed by atoms with Gasteiger partial charge in [-0.15, -0.1) is 0 Å². The summed E-state index contributed by atoms with van der Waals surface area (Å²) in [6.07, 6.45) is 3.13. The van der Waals surface area contributed by atoms with Gasteiger partial charge in [0.05, 0.1) is 18.2 Å². The van der Waals surface area contributed by atoms with E-state index in [1.807, 2.05) is 6.92 Å². The summed E-state index contributed by atoms with van der Waals surface area (Å²) in [4.78, 5) is 17.8. The van der Waals surface area contributed by atoms with Crippen LogP contribution < -0.4 is 5.73 Å². The highest BCUT2D eigenvalue weighted by molar-refractivity contribution is 7.88. The van der Waals surface area contributed by atoms with Crippen LogP contribution in [-0.4, -0.2) is 61.4 Å². The van der Waals surface area contributed by atoms with Gasteiger partial charge < -0.3 is 5.73 Å². The molecule has 7 nitrogen and oxygen atoms in total. The van der Waals surface area contributed by atoms with E-state index in [9.17, 15) is 13.2 Å². The normalized spacial score (nSPS) is 33.1. The molecule has 1 saturated heterocycles. The van der Waals surface area contributed by atoms with Gasteiger partial charge in [0.25, 0.3) is 0 Å². The molecule has 2 rings (SSSR count). The molecule has 1 fully saturated rings. The van der Waals surface area contributed by atoms with E-state index in [2.05, 4.69) is 4.99 Å². The average Bonchev–Trinajstić information content (AvgIpc) is 2.35. The number of piperidine rings is 1. The second-order valence-electron chi connectivity index (χ2n) is 5.92. The molecule has 2 heterocycles. The summed E-state index contributed by atoms with van der Waals surface area (Å²) in [5, 5.41) is 0. The van der Waals surface area contributed by atoms with Crippen LogP contribution in [0.2, 0.25) is 0 Å². The third kappa shape index (κ3) is 2.80. The van der Waals surface area contributed by atoms with Crippen LogP contribution in [0.25, 0.3) is 0 Å². The summed E-state index contributed by atoms with van der Waals surface area (Å²) in [5.41, 5.74) is 5.18. The fourth-order valence-electron chi connectivity index (χ4n) is 2.92. The first kappa shape index (κ1) is 15.2. The number of carbonyl (C=O) groups excluding carboxylic acids is 1. The zero-order valence-corrected chi connectivity index (χ0v) is 13.0. The van der Waals surface area contributed by atoms with Gasteiger partial charge in [-0.05, 0) is 25.7 Å². The average molecular weight is 302 g/mol. The van der Waals surface area contributed by atoms with E-state index in [1.54, 1.807) is 7.05 Å². The predicted octanol–water partition coefficient (Wildman–Crippen LogP) is -0.406. The van der Waals surface area contributed by atoms with Gasteiger partial charge in [0.1, 0.15) is 0 Å². The van der Waals surface area contributed by atoms with Crippen LogP contribution in [0.4, 0.5) is 0 Å². The van der Waals surface area contributed by atoms with Gasteiger partial charge in [0.15, 0.2) is 5.96 Å². The Kier molecular flexibility index (Phi) is 3.81. The Balaban J connectivity index is 2.24. The first-order chi connectivity index (χ1) is 9.13. The molecule has 0 aromatic carbocycles. The zero-order chi connectivity index (χ0) is 15.1. The smallest absolute Gasteiger partial charge is 0.231 e. The number of carbonyl (C=O) groups is 1. The van der Waals surface area contributed by atoms with E-state index in [-0.39, 0.29) is 24.2 Å². The fraction of sp³-hybridized carbons (Fsp3) is 0.833. The fourth-order valence-corrected chi connectivity index (χ4v) is 3.83. The maximum atomic E-state index is 12.0. The van der Waals surface area contributed by atoms with Crippen LogP contribution in [-0.2, 0) is 14.8 Å². The highest BCUT2D eigenvalue weighted by atomic mass is 32.2. The highest BCUT2D eigenvalue weighted by Crippen LogP contribution is 2.36. The Morgan fingerprint density at radius 1 is 1.45 bits per heavy atom. The molecule has 2 atom stereocenters. The van der Waals surface area contributed by atoms with Crippen LogP contribution in [0.3, 0.4) is 0 Å². The third-order valence-corrected chi connectivity index (χ3v) is 5.60. The Morgan fingerprint density at radius 3 is 2.65 bits per heavy atom. The van der Waals surface area contributed by atoms with Crippen molar-refractivity contribution in [1.29, 1.82) is 0 Å². The molecule has 0 bridgehead atoms. The Bertz CT molecular complexity index is 545. The number of aliphatic imine (C=N–C) groups is 1. The molecule has 2 aliphatic rings. The van der Waals surface area contributed by atoms with Crippen molar-refractivity contribution >= 4 is 21.9 Å². The number of hydrogen-bond donors (Lipinski definition) is 1. The number of rotatable bonds is 2. The van der Waals surface area contributed by atoms with Crippen molar-refractivity contribution in [2.75, 3.05) is 26.4 Å². The molecule has 0 saturated carbocycles. The van der Waals surface area contributed by atoms with Gasteiger partial charge in [0, 0.05) is 20.1 Å². The monoisotopic (exact) mass is 302 g/mol. The van der Waals surface area contributed by atoms with Gasteiger partial charge in [-0.2, -0.15) is 0 Å². The van der Waals surface area contributed by atoms with Crippen molar-refractivity contribution in [3.8, 4) is 0 Å². The lowest BCUT2D eigenvalue weighted by Gasteiger charge is -2.43. The van der Waals surface area contributed by atoms with Crippen molar-refractivity contribution < 1.29 is 13.2 Å². The van der Waals surface area contributed by atoms with Crippen molar-refractivity contribution in [2.45, 2.75) is 31.7 Å². The first-order valence-corrected chi connectivity index (χ1v) is 8.55. The minimum atomic E-state index is -3.20. The Morgan fingerprint density at radius 2 is 2.10 bits per heavy atom. The molecule has 1 unspecified atom stereocenters. The number of guanidine groups is 1. The summed E-state index contributed by atoms with van der Waals surface area (Å²) < 4.78 is 24.9. The minimum Gasteiger partial charge on any atom is -0.369 e. The van der Waals surface area contributed by atoms with E-state index in [4.69, 9.17) is 5.73 Å². The molecule has 1 amide bonds. The van der Waals surface area contributed by atoms with Gasteiger partial charge in [-0.3, -0.25) is 9.69 Å². The predicted molar refractivity (Wildman–Crippen MR) is 76.6 cm³/mol. The van der Waals surface area contributed by atoms with E-state index >= 15 is 0 Å². The van der Waals surface area contributed by atoms with Crippen molar-refractivity contribution in [3.05, 3.63) is 0 Å². The molecule has 0 aliphatic carbocycles. The maximum Gasteiger partial charge on any atom is 0.231 e. The zero-order valence-electron chi connectivity index (χ0n) is 12.2. The lowest BCUT2D eigenvalue weighted by atomic mass is 9.78. The Labute approximate surface area is 119 Å². The van der Waals surface area contributed by atoms with Crippen molar-refractivity contribution in [3.63, 3.8) is 0 Å². The van der Waals surface area contributed by atoms with Gasteiger partial charge in [-0.25, -0.2) is 17.7 Å².